The molecule has 0 unspecified atom stereocenters. The van der Waals surface area contributed by atoms with E-state index < -0.39 is 33.4 Å². The number of hydrogen-bond donors (Lipinski definition) is 1. The molecule has 0 saturated heterocycles. The van der Waals surface area contributed by atoms with Crippen LogP contribution in [0.2, 0.25) is 0 Å². The lowest BCUT2D eigenvalue weighted by molar-refractivity contribution is -0.382. The Morgan fingerprint density at radius 3 is 1.41 bits per heavy atom. The van der Waals surface area contributed by atoms with Gasteiger partial charge in [0.15, 0.2) is 0 Å². The molecule has 32 heavy (non-hydrogen) atoms. The lowest BCUT2D eigenvalue weighted by Gasteiger charge is -2.31. The third-order valence-corrected chi connectivity index (χ3v) is 5.81. The highest BCUT2D eigenvalue weighted by atomic mass is 127. The molecule has 0 amide bonds. The van der Waals surface area contributed by atoms with Crippen molar-refractivity contribution < 1.29 is 52.5 Å². The van der Waals surface area contributed by atoms with Gasteiger partial charge in [-0.25, -0.2) is 0 Å². The average Bonchev–Trinajstić information content (AvgIpc) is 2.50. The summed E-state index contributed by atoms with van der Waals surface area (Å²) in [6.45, 7) is 13.7. The molecule has 14 heteroatoms. The third kappa shape index (κ3) is 6.21. The van der Waals surface area contributed by atoms with Gasteiger partial charge in [-0.15, -0.1) is 0 Å². The molecule has 0 atom stereocenters. The molecule has 1 aromatic carbocycles. The molecule has 0 aromatic heterocycles. The van der Waals surface area contributed by atoms with Crippen molar-refractivity contribution in [2.24, 2.45) is 0 Å². The van der Waals surface area contributed by atoms with Crippen LogP contribution in [0.5, 0.6) is 0 Å². The number of hydrogen-bond acceptors (Lipinski definition) is 2. The van der Waals surface area contributed by atoms with Crippen LogP contribution in [0.15, 0.2) is 18.2 Å². The van der Waals surface area contributed by atoms with E-state index in [-0.39, 0.29) is 10.8 Å². The zero-order valence-corrected chi connectivity index (χ0v) is 20.7. The first-order valence-corrected chi connectivity index (χ1v) is 11.1. The number of benzene rings is 1. The van der Waals surface area contributed by atoms with Gasteiger partial charge in [0.25, 0.3) is 0 Å². The lowest BCUT2D eigenvalue weighted by atomic mass is 9.75. The Morgan fingerprint density at radius 1 is 0.750 bits per heavy atom. The highest BCUT2D eigenvalue weighted by molar-refractivity contribution is 14.1. The van der Waals surface area contributed by atoms with Gasteiger partial charge < -0.3 is 0 Å². The first-order chi connectivity index (χ1) is 13.6. The summed E-state index contributed by atoms with van der Waals surface area (Å²) in [5.74, 6) is -14.7. The maximum absolute atomic E-state index is 12.2. The second-order valence-electron chi connectivity index (χ2n) is 8.80. The van der Waals surface area contributed by atoms with Gasteiger partial charge >= 0.3 is 33.4 Å². The van der Waals surface area contributed by atoms with E-state index in [1.165, 1.54) is 14.7 Å². The standard InChI is InChI=1S/C14H21I.C4HF9O3S/c1-13(2,3)10-8-7-9-11(15)12(10)14(4,5)6;5-1(6,3(9,10)11)2(7,8)4(12,13)17(14,15)16/h7-9H,1-6H3;(H,14,15,16). The van der Waals surface area contributed by atoms with E-state index >= 15 is 0 Å². The van der Waals surface area contributed by atoms with E-state index in [0.29, 0.717) is 0 Å². The summed E-state index contributed by atoms with van der Waals surface area (Å²) in [7, 11) is -7.17. The van der Waals surface area contributed by atoms with Crippen LogP contribution in [0.1, 0.15) is 52.7 Å². The fourth-order valence-electron chi connectivity index (χ4n) is 2.43. The third-order valence-electron chi connectivity index (χ3n) is 4.01. The van der Waals surface area contributed by atoms with Crippen molar-refractivity contribution in [2.45, 2.75) is 75.6 Å². The molecule has 0 saturated carbocycles. The van der Waals surface area contributed by atoms with Crippen molar-refractivity contribution in [3.05, 3.63) is 32.9 Å². The molecule has 1 N–H and O–H groups in total. The van der Waals surface area contributed by atoms with Crippen molar-refractivity contribution in [1.29, 1.82) is 0 Å². The van der Waals surface area contributed by atoms with Crippen molar-refractivity contribution in [3.63, 3.8) is 0 Å². The summed E-state index contributed by atoms with van der Waals surface area (Å²) in [6, 6.07) is 6.64. The first kappa shape index (κ1) is 31.2. The maximum atomic E-state index is 12.2. The quantitative estimate of drug-likeness (QED) is 0.222. The first-order valence-electron chi connectivity index (χ1n) is 8.60. The predicted octanol–water partition coefficient (Wildman–Crippen LogP) is 7.19. The van der Waals surface area contributed by atoms with Crippen LogP contribution in [0.4, 0.5) is 39.5 Å². The number of halogens is 10. The second kappa shape index (κ2) is 9.12. The van der Waals surface area contributed by atoms with Gasteiger partial charge in [0, 0.05) is 3.57 Å². The molecular formula is C18H22F9IO3S. The van der Waals surface area contributed by atoms with E-state index in [4.69, 9.17) is 4.55 Å². The summed E-state index contributed by atoms with van der Waals surface area (Å²) in [4.78, 5) is 0. The SMILES string of the molecule is CC(C)(C)c1cccc(I)c1C(C)(C)C.O=S(=O)(O)C(F)(F)C(F)(F)C(F)(F)C(F)(F)F. The molecular weight excluding hydrogens is 594 g/mol. The van der Waals surface area contributed by atoms with Gasteiger partial charge in [-0.05, 0) is 50.6 Å². The topological polar surface area (TPSA) is 54.4 Å². The molecule has 0 fully saturated rings. The van der Waals surface area contributed by atoms with Crippen molar-refractivity contribution in [1.82, 2.24) is 0 Å². The fraction of sp³-hybridized carbons (Fsp3) is 0.667. The van der Waals surface area contributed by atoms with Crippen LogP contribution in [0, 0.1) is 3.57 Å². The zero-order chi connectivity index (χ0) is 26.4. The van der Waals surface area contributed by atoms with Gasteiger partial charge in [0.1, 0.15) is 0 Å². The number of rotatable bonds is 3. The van der Waals surface area contributed by atoms with Crippen LogP contribution >= 0.6 is 22.6 Å². The largest absolute Gasteiger partial charge is 0.460 e. The lowest BCUT2D eigenvalue weighted by Crippen LogP contribution is -2.63. The highest BCUT2D eigenvalue weighted by Gasteiger charge is 2.85. The Kier molecular flexibility index (Phi) is 8.90. The molecule has 1 aromatic rings. The van der Waals surface area contributed by atoms with E-state index in [1.54, 1.807) is 0 Å². The Labute approximate surface area is 193 Å². The van der Waals surface area contributed by atoms with E-state index in [0.717, 1.165) is 0 Å². The van der Waals surface area contributed by atoms with Crippen molar-refractivity contribution in [3.8, 4) is 0 Å². The zero-order valence-electron chi connectivity index (χ0n) is 17.7. The molecule has 0 spiro atoms. The van der Waals surface area contributed by atoms with Crippen molar-refractivity contribution >= 4 is 32.7 Å². The monoisotopic (exact) mass is 616 g/mol. The van der Waals surface area contributed by atoms with Crippen LogP contribution in [0.25, 0.3) is 0 Å². The summed E-state index contributed by atoms with van der Waals surface area (Å²) in [5, 5.41) is -7.00. The highest BCUT2D eigenvalue weighted by Crippen LogP contribution is 2.54. The summed E-state index contributed by atoms with van der Waals surface area (Å²) < 4.78 is 135. The van der Waals surface area contributed by atoms with Crippen molar-refractivity contribution in [2.75, 3.05) is 0 Å². The van der Waals surface area contributed by atoms with Gasteiger partial charge in [-0.3, -0.25) is 4.55 Å². The number of alkyl halides is 9. The van der Waals surface area contributed by atoms with E-state index in [2.05, 4.69) is 82.3 Å². The molecule has 0 aliphatic carbocycles. The van der Waals surface area contributed by atoms with Crippen LogP contribution < -0.4 is 0 Å². The maximum Gasteiger partial charge on any atom is 0.460 e. The van der Waals surface area contributed by atoms with Crippen LogP contribution in [-0.2, 0) is 20.9 Å². The Balaban J connectivity index is 0.000000604. The van der Waals surface area contributed by atoms with Gasteiger partial charge in [-0.2, -0.15) is 47.9 Å². The molecule has 1 rings (SSSR count). The molecule has 188 valence electrons. The normalized spacial score (nSPS) is 14.7. The summed E-state index contributed by atoms with van der Waals surface area (Å²) in [6.07, 6.45) is -7.13. The average molecular weight is 616 g/mol. The predicted molar refractivity (Wildman–Crippen MR) is 109 cm³/mol. The smallest absolute Gasteiger partial charge is 0.281 e. The Morgan fingerprint density at radius 2 is 1.16 bits per heavy atom. The summed E-state index contributed by atoms with van der Waals surface area (Å²) in [5.41, 5.74) is 3.42. The molecule has 0 radical (unpaired) electrons. The second-order valence-corrected chi connectivity index (χ2v) is 11.4. The minimum atomic E-state index is -7.37. The minimum Gasteiger partial charge on any atom is -0.281 e. The Hall–Kier alpha value is -0.770. The van der Waals surface area contributed by atoms with Gasteiger partial charge in [-0.1, -0.05) is 53.7 Å². The molecule has 0 aliphatic heterocycles. The molecule has 0 aliphatic rings. The molecule has 0 heterocycles. The Bertz CT molecular complexity index is 913. The molecule has 3 nitrogen and oxygen atoms in total. The summed E-state index contributed by atoms with van der Waals surface area (Å²) >= 11 is 2.45. The van der Waals surface area contributed by atoms with Crippen LogP contribution in [0.3, 0.4) is 0 Å². The fourth-order valence-corrected chi connectivity index (χ4v) is 4.19. The van der Waals surface area contributed by atoms with E-state index in [9.17, 15) is 47.9 Å². The van der Waals surface area contributed by atoms with Crippen LogP contribution in [-0.4, -0.2) is 36.2 Å². The van der Waals surface area contributed by atoms with E-state index in [1.807, 2.05) is 0 Å². The van der Waals surface area contributed by atoms with Gasteiger partial charge in [0.2, 0.25) is 0 Å². The van der Waals surface area contributed by atoms with Gasteiger partial charge in [0.05, 0.1) is 0 Å². The molecule has 0 bridgehead atoms. The minimum absolute atomic E-state index is 0.223.